The van der Waals surface area contributed by atoms with Gasteiger partial charge >= 0.3 is 5.97 Å². The minimum Gasteiger partial charge on any atom is -0.482 e. The van der Waals surface area contributed by atoms with Crippen LogP contribution in [0, 0.1) is 0 Å². The summed E-state index contributed by atoms with van der Waals surface area (Å²) in [7, 11) is 0. The second kappa shape index (κ2) is 8.02. The van der Waals surface area contributed by atoms with Crippen molar-refractivity contribution in [2.75, 3.05) is 6.61 Å². The zero-order chi connectivity index (χ0) is 20.2. The molecule has 1 aliphatic rings. The molecule has 0 aromatic heterocycles. The fourth-order valence-corrected chi connectivity index (χ4v) is 3.22. The molecular weight excluding hydrogens is 368 g/mol. The molecule has 3 aromatic carbocycles. The van der Waals surface area contributed by atoms with Crippen molar-refractivity contribution in [1.82, 2.24) is 0 Å². The summed E-state index contributed by atoms with van der Waals surface area (Å²) in [6.07, 6.45) is 1.29. The maximum atomic E-state index is 13.2. The standard InChI is InChI=1S/C24H18O5/c25-22(26)15-28-18-12-10-16(11-13-18)14-20-23(27)19-8-4-5-9-21(19)29-24(20)17-6-2-1-3-7-17/h1-14,24H,15H2,(H,25,26)/b20-14-/t24-/m1/s1. The number of aliphatic carboxylic acids is 1. The van der Waals surface area contributed by atoms with Gasteiger partial charge in [-0.2, -0.15) is 0 Å². The molecule has 1 atom stereocenters. The Kier molecular flexibility index (Phi) is 5.12. The first-order valence-electron chi connectivity index (χ1n) is 9.13. The Morgan fingerprint density at radius 2 is 1.66 bits per heavy atom. The molecule has 0 unspecified atom stereocenters. The van der Waals surface area contributed by atoms with Crippen LogP contribution in [0.4, 0.5) is 0 Å². The Labute approximate surface area is 167 Å². The zero-order valence-electron chi connectivity index (χ0n) is 15.4. The van der Waals surface area contributed by atoms with Crippen LogP contribution >= 0.6 is 0 Å². The molecule has 0 radical (unpaired) electrons. The highest BCUT2D eigenvalue weighted by Crippen LogP contribution is 2.39. The number of ketones is 1. The molecule has 0 bridgehead atoms. The van der Waals surface area contributed by atoms with Crippen LogP contribution < -0.4 is 9.47 Å². The lowest BCUT2D eigenvalue weighted by atomic mass is 9.89. The van der Waals surface area contributed by atoms with Gasteiger partial charge in [0.25, 0.3) is 0 Å². The molecule has 4 rings (SSSR count). The van der Waals surface area contributed by atoms with Crippen LogP contribution in [0.2, 0.25) is 0 Å². The first-order chi connectivity index (χ1) is 14.1. The molecule has 0 saturated carbocycles. The smallest absolute Gasteiger partial charge is 0.341 e. The molecule has 1 aliphatic heterocycles. The van der Waals surface area contributed by atoms with Gasteiger partial charge in [-0.05, 0) is 41.5 Å². The number of benzene rings is 3. The third-order valence-corrected chi connectivity index (χ3v) is 4.59. The van der Waals surface area contributed by atoms with Gasteiger partial charge in [-0.25, -0.2) is 4.79 Å². The van der Waals surface area contributed by atoms with E-state index in [1.165, 1.54) is 0 Å². The first-order valence-corrected chi connectivity index (χ1v) is 9.13. The molecule has 0 aliphatic carbocycles. The summed E-state index contributed by atoms with van der Waals surface area (Å²) in [5.74, 6) is -0.0935. The van der Waals surface area contributed by atoms with Crippen LogP contribution in [-0.2, 0) is 4.79 Å². The van der Waals surface area contributed by atoms with Crippen molar-refractivity contribution in [3.8, 4) is 11.5 Å². The largest absolute Gasteiger partial charge is 0.482 e. The number of para-hydroxylation sites is 1. The number of carbonyl (C=O) groups excluding carboxylic acids is 1. The minimum absolute atomic E-state index is 0.0769. The van der Waals surface area contributed by atoms with Gasteiger partial charge in [0.1, 0.15) is 11.5 Å². The first kappa shape index (κ1) is 18.5. The summed E-state index contributed by atoms with van der Waals surface area (Å²) in [4.78, 5) is 23.8. The lowest BCUT2D eigenvalue weighted by Crippen LogP contribution is -2.23. The van der Waals surface area contributed by atoms with E-state index in [-0.39, 0.29) is 5.78 Å². The molecule has 144 valence electrons. The zero-order valence-corrected chi connectivity index (χ0v) is 15.4. The van der Waals surface area contributed by atoms with Crippen LogP contribution in [0.1, 0.15) is 27.6 Å². The number of fused-ring (bicyclic) bond motifs is 1. The van der Waals surface area contributed by atoms with Crippen LogP contribution in [0.5, 0.6) is 11.5 Å². The number of carboxylic acid groups (broad SMARTS) is 1. The molecule has 5 nitrogen and oxygen atoms in total. The topological polar surface area (TPSA) is 72.8 Å². The number of hydrogen-bond donors (Lipinski definition) is 1. The molecule has 1 heterocycles. The van der Waals surface area contributed by atoms with Gasteiger partial charge < -0.3 is 14.6 Å². The Balaban J connectivity index is 1.70. The molecule has 29 heavy (non-hydrogen) atoms. The van der Waals surface area contributed by atoms with Crippen molar-refractivity contribution in [3.63, 3.8) is 0 Å². The molecule has 0 spiro atoms. The van der Waals surface area contributed by atoms with Gasteiger partial charge in [0.05, 0.1) is 5.56 Å². The van der Waals surface area contributed by atoms with E-state index >= 15 is 0 Å². The molecule has 0 amide bonds. The van der Waals surface area contributed by atoms with E-state index in [4.69, 9.17) is 14.6 Å². The monoisotopic (exact) mass is 386 g/mol. The maximum absolute atomic E-state index is 13.2. The molecule has 0 saturated heterocycles. The SMILES string of the molecule is O=C(O)COc1ccc(/C=C2/C(=O)c3ccccc3O[C@@H]2c2ccccc2)cc1. The summed E-state index contributed by atoms with van der Waals surface area (Å²) in [5.41, 5.74) is 2.75. The van der Waals surface area contributed by atoms with Gasteiger partial charge in [0.2, 0.25) is 0 Å². The average molecular weight is 386 g/mol. The molecule has 1 N–H and O–H groups in total. The lowest BCUT2D eigenvalue weighted by Gasteiger charge is -2.28. The quantitative estimate of drug-likeness (QED) is 0.651. The Morgan fingerprint density at radius 3 is 2.38 bits per heavy atom. The minimum atomic E-state index is -1.04. The Morgan fingerprint density at radius 1 is 0.966 bits per heavy atom. The summed E-state index contributed by atoms with van der Waals surface area (Å²) >= 11 is 0. The van der Waals surface area contributed by atoms with Gasteiger partial charge in [-0.1, -0.05) is 54.6 Å². The van der Waals surface area contributed by atoms with E-state index in [0.29, 0.717) is 22.6 Å². The van der Waals surface area contributed by atoms with Crippen molar-refractivity contribution in [1.29, 1.82) is 0 Å². The highest BCUT2D eigenvalue weighted by atomic mass is 16.5. The predicted octanol–water partition coefficient (Wildman–Crippen LogP) is 4.55. The van der Waals surface area contributed by atoms with Crippen molar-refractivity contribution >= 4 is 17.8 Å². The molecule has 0 fully saturated rings. The number of hydrogen-bond acceptors (Lipinski definition) is 4. The number of carboxylic acids is 1. The van der Waals surface area contributed by atoms with Gasteiger partial charge in [0, 0.05) is 5.57 Å². The Hall–Kier alpha value is -3.86. The fourth-order valence-electron chi connectivity index (χ4n) is 3.22. The number of Topliss-reactive ketones (excluding diaryl/α,β-unsaturated/α-hetero) is 1. The van der Waals surface area contributed by atoms with Crippen LogP contribution in [0.15, 0.2) is 84.4 Å². The van der Waals surface area contributed by atoms with Gasteiger partial charge in [-0.15, -0.1) is 0 Å². The van der Waals surface area contributed by atoms with E-state index in [9.17, 15) is 9.59 Å². The summed E-state index contributed by atoms with van der Waals surface area (Å²) in [5, 5.41) is 8.71. The van der Waals surface area contributed by atoms with E-state index in [1.54, 1.807) is 42.5 Å². The third kappa shape index (κ3) is 4.04. The van der Waals surface area contributed by atoms with E-state index < -0.39 is 18.7 Å². The van der Waals surface area contributed by atoms with Crippen LogP contribution in [0.3, 0.4) is 0 Å². The molecular formula is C24H18O5. The van der Waals surface area contributed by atoms with Gasteiger partial charge in [-0.3, -0.25) is 4.79 Å². The van der Waals surface area contributed by atoms with Crippen LogP contribution in [-0.4, -0.2) is 23.5 Å². The van der Waals surface area contributed by atoms with Gasteiger partial charge in [0.15, 0.2) is 18.5 Å². The number of ether oxygens (including phenoxy) is 2. The summed E-state index contributed by atoms with van der Waals surface area (Å²) in [6, 6.07) is 23.7. The number of rotatable bonds is 5. The lowest BCUT2D eigenvalue weighted by molar-refractivity contribution is -0.139. The normalized spacial score (nSPS) is 16.8. The third-order valence-electron chi connectivity index (χ3n) is 4.59. The van der Waals surface area contributed by atoms with Crippen molar-refractivity contribution in [3.05, 3.63) is 101 Å². The second-order valence-corrected chi connectivity index (χ2v) is 6.58. The summed E-state index contributed by atoms with van der Waals surface area (Å²) in [6.45, 7) is -0.403. The van der Waals surface area contributed by atoms with Crippen molar-refractivity contribution in [2.45, 2.75) is 6.10 Å². The van der Waals surface area contributed by atoms with Crippen LogP contribution in [0.25, 0.3) is 6.08 Å². The van der Waals surface area contributed by atoms with Crippen molar-refractivity contribution in [2.24, 2.45) is 0 Å². The van der Waals surface area contributed by atoms with E-state index in [2.05, 4.69) is 0 Å². The molecule has 3 aromatic rings. The Bertz CT molecular complexity index is 1070. The average Bonchev–Trinajstić information content (AvgIpc) is 2.75. The fraction of sp³-hybridized carbons (Fsp3) is 0.0833. The molecule has 5 heteroatoms. The highest BCUT2D eigenvalue weighted by Gasteiger charge is 2.32. The number of carbonyl (C=O) groups is 2. The predicted molar refractivity (Wildman–Crippen MR) is 108 cm³/mol. The van der Waals surface area contributed by atoms with Crippen molar-refractivity contribution < 1.29 is 24.2 Å². The highest BCUT2D eigenvalue weighted by molar-refractivity contribution is 6.14. The second-order valence-electron chi connectivity index (χ2n) is 6.58. The van der Waals surface area contributed by atoms with E-state index in [0.717, 1.165) is 11.1 Å². The maximum Gasteiger partial charge on any atom is 0.341 e. The summed E-state index contributed by atoms with van der Waals surface area (Å²) < 4.78 is 11.3. The van der Waals surface area contributed by atoms with E-state index in [1.807, 2.05) is 42.5 Å².